The Balaban J connectivity index is 1.71. The molecule has 4 heteroatoms. The highest BCUT2D eigenvalue weighted by Crippen LogP contribution is 2.25. The number of benzene rings is 2. The summed E-state index contributed by atoms with van der Waals surface area (Å²) in [7, 11) is 0. The molecule has 0 amide bonds. The summed E-state index contributed by atoms with van der Waals surface area (Å²) in [5.74, 6) is -0.400. The van der Waals surface area contributed by atoms with E-state index in [4.69, 9.17) is 4.74 Å². The van der Waals surface area contributed by atoms with Crippen molar-refractivity contribution in [2.24, 2.45) is 0 Å². The number of rotatable bonds is 3. The standard InChI is InChI=1S/C17H16BrNO2/c18-16-8-4-2-6-13(16)11-21-17(20)15-10-19-9-12-5-1-3-7-14(12)15/h1-8,15,19H,9-11H2. The lowest BCUT2D eigenvalue weighted by molar-refractivity contribution is -0.146. The summed E-state index contributed by atoms with van der Waals surface area (Å²) in [5.41, 5.74) is 3.22. The lowest BCUT2D eigenvalue weighted by atomic mass is 9.91. The van der Waals surface area contributed by atoms with Crippen molar-refractivity contribution in [3.8, 4) is 0 Å². The fourth-order valence-electron chi connectivity index (χ4n) is 2.57. The van der Waals surface area contributed by atoms with Crippen molar-refractivity contribution in [2.45, 2.75) is 19.1 Å². The molecule has 1 aliphatic rings. The van der Waals surface area contributed by atoms with Crippen LogP contribution in [0, 0.1) is 0 Å². The quantitative estimate of drug-likeness (QED) is 0.866. The van der Waals surface area contributed by atoms with Crippen molar-refractivity contribution in [1.82, 2.24) is 5.32 Å². The molecule has 1 heterocycles. The van der Waals surface area contributed by atoms with Crippen LogP contribution < -0.4 is 5.32 Å². The smallest absolute Gasteiger partial charge is 0.315 e. The first-order valence-corrected chi connectivity index (χ1v) is 7.73. The van der Waals surface area contributed by atoms with Gasteiger partial charge in [-0.05, 0) is 17.2 Å². The van der Waals surface area contributed by atoms with Gasteiger partial charge in [-0.2, -0.15) is 0 Å². The van der Waals surface area contributed by atoms with Gasteiger partial charge in [0.05, 0.1) is 5.92 Å². The molecule has 108 valence electrons. The highest BCUT2D eigenvalue weighted by Gasteiger charge is 2.27. The normalized spacial score (nSPS) is 17.1. The number of carbonyl (C=O) groups is 1. The van der Waals surface area contributed by atoms with Crippen molar-refractivity contribution in [2.75, 3.05) is 6.54 Å². The van der Waals surface area contributed by atoms with Crippen LogP contribution in [0.1, 0.15) is 22.6 Å². The molecule has 1 N–H and O–H groups in total. The van der Waals surface area contributed by atoms with Crippen LogP contribution in [0.5, 0.6) is 0 Å². The summed E-state index contributed by atoms with van der Waals surface area (Å²) in [6.45, 7) is 1.73. The summed E-state index contributed by atoms with van der Waals surface area (Å²) in [6, 6.07) is 15.8. The summed E-state index contributed by atoms with van der Waals surface area (Å²) >= 11 is 3.46. The molecule has 0 aromatic heterocycles. The second-order valence-corrected chi connectivity index (χ2v) is 5.94. The Morgan fingerprint density at radius 2 is 1.95 bits per heavy atom. The van der Waals surface area contributed by atoms with E-state index in [-0.39, 0.29) is 11.9 Å². The van der Waals surface area contributed by atoms with Gasteiger partial charge in [-0.3, -0.25) is 4.79 Å². The average Bonchev–Trinajstić information content (AvgIpc) is 2.53. The molecule has 21 heavy (non-hydrogen) atoms. The molecule has 0 spiro atoms. The minimum atomic E-state index is -0.225. The summed E-state index contributed by atoms with van der Waals surface area (Å²) in [5, 5.41) is 3.27. The first-order valence-electron chi connectivity index (χ1n) is 6.94. The first-order chi connectivity index (χ1) is 10.3. The van der Waals surface area contributed by atoms with E-state index in [1.165, 1.54) is 5.56 Å². The second-order valence-electron chi connectivity index (χ2n) is 5.08. The maximum atomic E-state index is 12.4. The highest BCUT2D eigenvalue weighted by molar-refractivity contribution is 9.10. The monoisotopic (exact) mass is 345 g/mol. The number of fused-ring (bicyclic) bond motifs is 1. The van der Waals surface area contributed by atoms with Gasteiger partial charge >= 0.3 is 5.97 Å². The number of hydrogen-bond acceptors (Lipinski definition) is 3. The Morgan fingerprint density at radius 1 is 1.19 bits per heavy atom. The number of ether oxygens (including phenoxy) is 1. The lowest BCUT2D eigenvalue weighted by Crippen LogP contribution is -2.33. The average molecular weight is 346 g/mol. The van der Waals surface area contributed by atoms with Crippen molar-refractivity contribution in [3.63, 3.8) is 0 Å². The summed E-state index contributed by atoms with van der Waals surface area (Å²) in [6.07, 6.45) is 0. The van der Waals surface area contributed by atoms with Gasteiger partial charge in [0, 0.05) is 23.1 Å². The molecule has 3 rings (SSSR count). The van der Waals surface area contributed by atoms with E-state index in [0.29, 0.717) is 13.2 Å². The Hall–Kier alpha value is -1.65. The van der Waals surface area contributed by atoms with Gasteiger partial charge in [-0.15, -0.1) is 0 Å². The number of carbonyl (C=O) groups excluding carboxylic acids is 1. The first kappa shape index (κ1) is 14.3. The number of esters is 1. The third-order valence-electron chi connectivity index (χ3n) is 3.71. The maximum absolute atomic E-state index is 12.4. The highest BCUT2D eigenvalue weighted by atomic mass is 79.9. The van der Waals surface area contributed by atoms with Crippen LogP contribution in [0.3, 0.4) is 0 Å². The minimum Gasteiger partial charge on any atom is -0.460 e. The molecule has 0 bridgehead atoms. The van der Waals surface area contributed by atoms with E-state index in [9.17, 15) is 4.79 Å². The van der Waals surface area contributed by atoms with E-state index in [2.05, 4.69) is 27.3 Å². The van der Waals surface area contributed by atoms with E-state index >= 15 is 0 Å². The number of nitrogens with one attached hydrogen (secondary N) is 1. The van der Waals surface area contributed by atoms with E-state index < -0.39 is 0 Å². The van der Waals surface area contributed by atoms with E-state index in [0.717, 1.165) is 22.1 Å². The van der Waals surface area contributed by atoms with Crippen molar-refractivity contribution >= 4 is 21.9 Å². The zero-order valence-corrected chi connectivity index (χ0v) is 13.1. The fraction of sp³-hybridized carbons (Fsp3) is 0.235. The molecular weight excluding hydrogens is 330 g/mol. The topological polar surface area (TPSA) is 38.3 Å². The Labute approximate surface area is 132 Å². The summed E-state index contributed by atoms with van der Waals surface area (Å²) in [4.78, 5) is 12.4. The Kier molecular flexibility index (Phi) is 4.36. The maximum Gasteiger partial charge on any atom is 0.315 e. The van der Waals surface area contributed by atoms with Crippen LogP contribution in [0.15, 0.2) is 53.0 Å². The Bertz CT molecular complexity index is 657. The largest absolute Gasteiger partial charge is 0.460 e. The fourth-order valence-corrected chi connectivity index (χ4v) is 2.97. The van der Waals surface area contributed by atoms with Gasteiger partial charge in [-0.1, -0.05) is 58.4 Å². The lowest BCUT2D eigenvalue weighted by Gasteiger charge is -2.24. The predicted octanol–water partition coefficient (Wildman–Crippen LogP) is 3.38. The van der Waals surface area contributed by atoms with Crippen LogP contribution in [-0.2, 0) is 22.7 Å². The zero-order valence-electron chi connectivity index (χ0n) is 11.5. The van der Waals surface area contributed by atoms with Gasteiger partial charge in [0.25, 0.3) is 0 Å². The third kappa shape index (κ3) is 3.17. The van der Waals surface area contributed by atoms with Crippen LogP contribution in [-0.4, -0.2) is 12.5 Å². The molecule has 0 radical (unpaired) electrons. The molecule has 0 saturated carbocycles. The van der Waals surface area contributed by atoms with E-state index in [1.807, 2.05) is 42.5 Å². The zero-order chi connectivity index (χ0) is 14.7. The third-order valence-corrected chi connectivity index (χ3v) is 4.48. The van der Waals surface area contributed by atoms with Crippen LogP contribution in [0.4, 0.5) is 0 Å². The van der Waals surface area contributed by atoms with Crippen LogP contribution >= 0.6 is 15.9 Å². The molecule has 0 saturated heterocycles. The van der Waals surface area contributed by atoms with E-state index in [1.54, 1.807) is 0 Å². The van der Waals surface area contributed by atoms with Gasteiger partial charge in [0.2, 0.25) is 0 Å². The molecule has 3 nitrogen and oxygen atoms in total. The van der Waals surface area contributed by atoms with Gasteiger partial charge in [-0.25, -0.2) is 0 Å². The van der Waals surface area contributed by atoms with Gasteiger partial charge in [0.15, 0.2) is 0 Å². The number of halogens is 1. The molecular formula is C17H16BrNO2. The molecule has 1 aliphatic heterocycles. The predicted molar refractivity (Wildman–Crippen MR) is 84.8 cm³/mol. The molecule has 1 unspecified atom stereocenters. The van der Waals surface area contributed by atoms with Crippen LogP contribution in [0.25, 0.3) is 0 Å². The van der Waals surface area contributed by atoms with Crippen molar-refractivity contribution in [1.29, 1.82) is 0 Å². The van der Waals surface area contributed by atoms with Crippen molar-refractivity contribution < 1.29 is 9.53 Å². The van der Waals surface area contributed by atoms with Gasteiger partial charge < -0.3 is 10.1 Å². The second kappa shape index (κ2) is 6.41. The molecule has 1 atom stereocenters. The molecule has 0 aliphatic carbocycles. The molecule has 2 aromatic carbocycles. The molecule has 2 aromatic rings. The van der Waals surface area contributed by atoms with Crippen molar-refractivity contribution in [3.05, 3.63) is 69.7 Å². The SMILES string of the molecule is O=C(OCc1ccccc1Br)C1CNCc2ccccc21. The van der Waals surface area contributed by atoms with Crippen LogP contribution in [0.2, 0.25) is 0 Å². The summed E-state index contributed by atoms with van der Waals surface area (Å²) < 4.78 is 6.45. The number of hydrogen-bond donors (Lipinski definition) is 1. The Morgan fingerprint density at radius 3 is 2.81 bits per heavy atom. The van der Waals surface area contributed by atoms with Gasteiger partial charge in [0.1, 0.15) is 6.61 Å². The minimum absolute atomic E-state index is 0.176. The molecule has 0 fully saturated rings.